The highest BCUT2D eigenvalue weighted by Gasteiger charge is 2.31. The lowest BCUT2D eigenvalue weighted by molar-refractivity contribution is 0.165. The van der Waals surface area contributed by atoms with E-state index < -0.39 is 35.1 Å². The molecule has 2 rings (SSSR count). The van der Waals surface area contributed by atoms with E-state index in [0.717, 1.165) is 0 Å². The SMILES string of the molecule is Fc1cc(F)c(F)c(C(F)C2CNC2)c1. The monoisotopic (exact) mass is 219 g/mol. The lowest BCUT2D eigenvalue weighted by Gasteiger charge is -2.30. The van der Waals surface area contributed by atoms with Gasteiger partial charge in [0.25, 0.3) is 0 Å². The zero-order valence-corrected chi connectivity index (χ0v) is 7.74. The van der Waals surface area contributed by atoms with Gasteiger partial charge in [0.1, 0.15) is 12.0 Å². The van der Waals surface area contributed by atoms with E-state index >= 15 is 0 Å². The zero-order valence-electron chi connectivity index (χ0n) is 7.74. The predicted octanol–water partition coefficient (Wildman–Crippen LogP) is 2.33. The van der Waals surface area contributed by atoms with Gasteiger partial charge in [-0.2, -0.15) is 0 Å². The van der Waals surface area contributed by atoms with Gasteiger partial charge in [-0.05, 0) is 6.07 Å². The summed E-state index contributed by atoms with van der Waals surface area (Å²) in [6.07, 6.45) is -1.66. The zero-order chi connectivity index (χ0) is 11.0. The molecule has 1 saturated heterocycles. The van der Waals surface area contributed by atoms with Crippen LogP contribution in [0.5, 0.6) is 0 Å². The largest absolute Gasteiger partial charge is 0.316 e. The van der Waals surface area contributed by atoms with Crippen LogP contribution in [0.2, 0.25) is 0 Å². The van der Waals surface area contributed by atoms with E-state index in [2.05, 4.69) is 5.32 Å². The molecule has 1 fully saturated rings. The van der Waals surface area contributed by atoms with E-state index in [9.17, 15) is 17.6 Å². The van der Waals surface area contributed by atoms with Gasteiger partial charge in [-0.3, -0.25) is 0 Å². The molecule has 1 heterocycles. The van der Waals surface area contributed by atoms with Gasteiger partial charge in [0.15, 0.2) is 11.6 Å². The van der Waals surface area contributed by atoms with E-state index in [1.165, 1.54) is 0 Å². The highest BCUT2D eigenvalue weighted by atomic mass is 19.2. The number of alkyl halides is 1. The minimum absolute atomic E-state index is 0.402. The molecule has 0 radical (unpaired) electrons. The van der Waals surface area contributed by atoms with Gasteiger partial charge in [-0.1, -0.05) is 0 Å². The number of hydrogen-bond acceptors (Lipinski definition) is 1. The second-order valence-corrected chi connectivity index (χ2v) is 3.61. The van der Waals surface area contributed by atoms with Crippen LogP contribution in [0.4, 0.5) is 17.6 Å². The van der Waals surface area contributed by atoms with E-state index in [0.29, 0.717) is 25.2 Å². The molecule has 0 amide bonds. The van der Waals surface area contributed by atoms with Crippen molar-refractivity contribution in [2.75, 3.05) is 13.1 Å². The number of hydrogen-bond donors (Lipinski definition) is 1. The first-order valence-corrected chi connectivity index (χ1v) is 4.59. The molecule has 15 heavy (non-hydrogen) atoms. The molecule has 82 valence electrons. The Hall–Kier alpha value is -1.10. The molecule has 0 aliphatic carbocycles. The minimum Gasteiger partial charge on any atom is -0.316 e. The summed E-state index contributed by atoms with van der Waals surface area (Å²) in [6, 6.07) is 1.12. The Morgan fingerprint density at radius 3 is 2.40 bits per heavy atom. The van der Waals surface area contributed by atoms with Gasteiger partial charge in [-0.15, -0.1) is 0 Å². The highest BCUT2D eigenvalue weighted by molar-refractivity contribution is 5.23. The Bertz CT molecular complexity index is 376. The summed E-state index contributed by atoms with van der Waals surface area (Å²) in [5.74, 6) is -4.00. The molecular weight excluding hydrogens is 210 g/mol. The smallest absolute Gasteiger partial charge is 0.165 e. The fraction of sp³-hybridized carbons (Fsp3) is 0.400. The molecule has 1 atom stereocenters. The lowest BCUT2D eigenvalue weighted by atomic mass is 9.92. The Morgan fingerprint density at radius 1 is 1.20 bits per heavy atom. The Labute approximate surface area is 84.1 Å². The van der Waals surface area contributed by atoms with Crippen LogP contribution in [-0.2, 0) is 0 Å². The van der Waals surface area contributed by atoms with Crippen LogP contribution in [-0.4, -0.2) is 13.1 Å². The first kappa shape index (κ1) is 10.4. The summed E-state index contributed by atoms with van der Waals surface area (Å²) in [6.45, 7) is 0.803. The third-order valence-corrected chi connectivity index (χ3v) is 2.55. The first-order valence-electron chi connectivity index (χ1n) is 4.59. The van der Waals surface area contributed by atoms with Crippen LogP contribution >= 0.6 is 0 Å². The maximum Gasteiger partial charge on any atom is 0.165 e. The molecule has 1 aliphatic heterocycles. The van der Waals surface area contributed by atoms with E-state index in [4.69, 9.17) is 0 Å². The highest BCUT2D eigenvalue weighted by Crippen LogP contribution is 2.31. The Morgan fingerprint density at radius 2 is 1.87 bits per heavy atom. The molecule has 5 heteroatoms. The maximum absolute atomic E-state index is 13.6. The van der Waals surface area contributed by atoms with Crippen molar-refractivity contribution < 1.29 is 17.6 Å². The van der Waals surface area contributed by atoms with E-state index in [1.807, 2.05) is 0 Å². The molecule has 1 aromatic carbocycles. The van der Waals surface area contributed by atoms with Crippen LogP contribution in [0.15, 0.2) is 12.1 Å². The van der Waals surface area contributed by atoms with Gasteiger partial charge >= 0.3 is 0 Å². The van der Waals surface area contributed by atoms with Crippen molar-refractivity contribution >= 4 is 0 Å². The van der Waals surface area contributed by atoms with Crippen LogP contribution < -0.4 is 5.32 Å². The van der Waals surface area contributed by atoms with Gasteiger partial charge in [0.05, 0.1) is 0 Å². The van der Waals surface area contributed by atoms with Crippen molar-refractivity contribution in [3.8, 4) is 0 Å². The Balaban J connectivity index is 2.33. The molecule has 1 N–H and O–H groups in total. The summed E-state index contributed by atoms with van der Waals surface area (Å²) in [4.78, 5) is 0. The van der Waals surface area contributed by atoms with Crippen molar-refractivity contribution in [2.24, 2.45) is 5.92 Å². The van der Waals surface area contributed by atoms with Gasteiger partial charge < -0.3 is 5.32 Å². The Kier molecular flexibility index (Phi) is 2.65. The van der Waals surface area contributed by atoms with Crippen molar-refractivity contribution in [1.82, 2.24) is 5.32 Å². The topological polar surface area (TPSA) is 12.0 Å². The third kappa shape index (κ3) is 1.84. The predicted molar refractivity (Wildman–Crippen MR) is 46.5 cm³/mol. The van der Waals surface area contributed by atoms with Crippen molar-refractivity contribution in [1.29, 1.82) is 0 Å². The van der Waals surface area contributed by atoms with Crippen LogP contribution in [0.25, 0.3) is 0 Å². The molecule has 0 aromatic heterocycles. The summed E-state index contributed by atoms with van der Waals surface area (Å²) >= 11 is 0. The summed E-state index contributed by atoms with van der Waals surface area (Å²) in [7, 11) is 0. The van der Waals surface area contributed by atoms with Gasteiger partial charge in [0.2, 0.25) is 0 Å². The summed E-state index contributed by atoms with van der Waals surface area (Å²) in [5, 5.41) is 2.81. The van der Waals surface area contributed by atoms with Crippen molar-refractivity contribution in [3.63, 3.8) is 0 Å². The first-order chi connectivity index (χ1) is 7.09. The lowest BCUT2D eigenvalue weighted by Crippen LogP contribution is -2.44. The van der Waals surface area contributed by atoms with Crippen LogP contribution in [0, 0.1) is 23.4 Å². The van der Waals surface area contributed by atoms with Gasteiger partial charge in [0, 0.05) is 30.6 Å². The normalized spacial score (nSPS) is 18.7. The average molecular weight is 219 g/mol. The fourth-order valence-corrected chi connectivity index (χ4v) is 1.55. The summed E-state index contributed by atoms with van der Waals surface area (Å²) < 4.78 is 52.3. The number of benzene rings is 1. The second kappa shape index (κ2) is 3.81. The molecule has 0 spiro atoms. The fourth-order valence-electron chi connectivity index (χ4n) is 1.55. The third-order valence-electron chi connectivity index (χ3n) is 2.55. The number of halogens is 4. The maximum atomic E-state index is 13.6. The molecule has 1 nitrogen and oxygen atoms in total. The second-order valence-electron chi connectivity index (χ2n) is 3.61. The standard InChI is InChI=1S/C10H9F4N/c11-6-1-7(10(14)8(12)2-6)9(13)5-3-15-4-5/h1-2,5,9,15H,3-4H2. The molecule has 0 saturated carbocycles. The average Bonchev–Trinajstić information content (AvgIpc) is 2.08. The number of rotatable bonds is 2. The number of nitrogens with one attached hydrogen (secondary N) is 1. The minimum atomic E-state index is -1.66. The summed E-state index contributed by atoms with van der Waals surface area (Å²) in [5.41, 5.74) is -0.529. The van der Waals surface area contributed by atoms with Crippen LogP contribution in [0.1, 0.15) is 11.7 Å². The molecule has 1 aliphatic rings. The van der Waals surface area contributed by atoms with Crippen molar-refractivity contribution in [3.05, 3.63) is 35.1 Å². The quantitative estimate of drug-likeness (QED) is 0.594. The van der Waals surface area contributed by atoms with E-state index in [-0.39, 0.29) is 0 Å². The van der Waals surface area contributed by atoms with E-state index in [1.54, 1.807) is 0 Å². The molecule has 0 bridgehead atoms. The van der Waals surface area contributed by atoms with Crippen LogP contribution in [0.3, 0.4) is 0 Å². The molecule has 1 aromatic rings. The van der Waals surface area contributed by atoms with Crippen molar-refractivity contribution in [2.45, 2.75) is 6.17 Å². The molecular formula is C10H9F4N. The molecule has 1 unspecified atom stereocenters. The van der Waals surface area contributed by atoms with Gasteiger partial charge in [-0.25, -0.2) is 17.6 Å².